The topological polar surface area (TPSA) is 38.3 Å². The van der Waals surface area contributed by atoms with Gasteiger partial charge in [0.2, 0.25) is 0 Å². The molecule has 1 N–H and O–H groups in total. The van der Waals surface area contributed by atoms with E-state index in [1.54, 1.807) is 5.38 Å². The van der Waals surface area contributed by atoms with Crippen molar-refractivity contribution in [2.45, 2.75) is 6.18 Å². The second kappa shape index (κ2) is 6.07. The molecule has 0 aliphatic heterocycles. The Balaban J connectivity index is 2.24. The molecule has 2 rings (SSSR count). The highest BCUT2D eigenvalue weighted by molar-refractivity contribution is 9.10. The number of benzene rings is 1. The Hall–Kier alpha value is -1.54. The lowest BCUT2D eigenvalue weighted by atomic mass is 10.2. The van der Waals surface area contributed by atoms with Gasteiger partial charge in [-0.15, -0.1) is 11.3 Å². The maximum Gasteiger partial charge on any atom is 0.416 e. The maximum absolute atomic E-state index is 12.7. The standard InChI is InChI=1S/C13H9BrF3NO2S/c1-20-8-5-11(21-6-8)12(19)18-10-4-7(13(15,16)17)2-3-9(10)14/h2-6H,1H3,(H,18,19). The van der Waals surface area contributed by atoms with Crippen LogP contribution in [0, 0.1) is 0 Å². The molecular weight excluding hydrogens is 371 g/mol. The fourth-order valence-electron chi connectivity index (χ4n) is 1.53. The summed E-state index contributed by atoms with van der Waals surface area (Å²) < 4.78 is 43.3. The van der Waals surface area contributed by atoms with Gasteiger partial charge in [-0.05, 0) is 34.1 Å². The molecule has 3 nitrogen and oxygen atoms in total. The van der Waals surface area contributed by atoms with Crippen LogP contribution in [-0.4, -0.2) is 13.0 Å². The summed E-state index contributed by atoms with van der Waals surface area (Å²) in [5.41, 5.74) is -0.771. The van der Waals surface area contributed by atoms with Crippen molar-refractivity contribution in [3.63, 3.8) is 0 Å². The van der Waals surface area contributed by atoms with Crippen LogP contribution in [0.2, 0.25) is 0 Å². The summed E-state index contributed by atoms with van der Waals surface area (Å²) >= 11 is 4.26. The first-order chi connectivity index (χ1) is 9.81. The van der Waals surface area contributed by atoms with Gasteiger partial charge in [0.1, 0.15) is 5.75 Å². The van der Waals surface area contributed by atoms with Crippen molar-refractivity contribution in [3.05, 3.63) is 44.6 Å². The van der Waals surface area contributed by atoms with Crippen LogP contribution in [0.3, 0.4) is 0 Å². The molecule has 0 bridgehead atoms. The second-order valence-electron chi connectivity index (χ2n) is 4.00. The van der Waals surface area contributed by atoms with Crippen LogP contribution in [0.25, 0.3) is 0 Å². The monoisotopic (exact) mass is 379 g/mol. The number of rotatable bonds is 3. The Morgan fingerprint density at radius 1 is 1.33 bits per heavy atom. The lowest BCUT2D eigenvalue weighted by Gasteiger charge is -2.11. The van der Waals surface area contributed by atoms with Gasteiger partial charge in [0.25, 0.3) is 5.91 Å². The van der Waals surface area contributed by atoms with Crippen LogP contribution in [0.15, 0.2) is 34.1 Å². The predicted molar refractivity (Wildman–Crippen MR) is 78.0 cm³/mol. The summed E-state index contributed by atoms with van der Waals surface area (Å²) in [6, 6.07) is 4.58. The number of methoxy groups -OCH3 is 1. The summed E-state index contributed by atoms with van der Waals surface area (Å²) in [5, 5.41) is 4.08. The average molecular weight is 380 g/mol. The smallest absolute Gasteiger partial charge is 0.416 e. The van der Waals surface area contributed by atoms with E-state index in [1.807, 2.05) is 0 Å². The van der Waals surface area contributed by atoms with Gasteiger partial charge in [0.15, 0.2) is 0 Å². The van der Waals surface area contributed by atoms with E-state index in [9.17, 15) is 18.0 Å². The van der Waals surface area contributed by atoms with Crippen LogP contribution in [0.1, 0.15) is 15.2 Å². The number of amides is 1. The number of hydrogen-bond acceptors (Lipinski definition) is 3. The summed E-state index contributed by atoms with van der Waals surface area (Å²) in [6.45, 7) is 0. The maximum atomic E-state index is 12.7. The van der Waals surface area contributed by atoms with Gasteiger partial charge < -0.3 is 10.1 Å². The number of hydrogen-bond donors (Lipinski definition) is 1. The van der Waals surface area contributed by atoms with Gasteiger partial charge in [0.05, 0.1) is 23.2 Å². The molecule has 0 fully saturated rings. The molecule has 0 spiro atoms. The van der Waals surface area contributed by atoms with Gasteiger partial charge in [0, 0.05) is 15.9 Å². The Labute approximate surface area is 130 Å². The van der Waals surface area contributed by atoms with E-state index in [4.69, 9.17) is 4.74 Å². The molecule has 1 amide bonds. The number of anilines is 1. The van der Waals surface area contributed by atoms with Crippen molar-refractivity contribution in [2.24, 2.45) is 0 Å². The zero-order chi connectivity index (χ0) is 15.6. The van der Waals surface area contributed by atoms with E-state index in [2.05, 4.69) is 21.2 Å². The van der Waals surface area contributed by atoms with Crippen LogP contribution in [0.4, 0.5) is 18.9 Å². The molecule has 2 aromatic rings. The first-order valence-electron chi connectivity index (χ1n) is 5.62. The number of nitrogens with one attached hydrogen (secondary N) is 1. The molecule has 0 saturated heterocycles. The van der Waals surface area contributed by atoms with Gasteiger partial charge in [-0.25, -0.2) is 0 Å². The highest BCUT2D eigenvalue weighted by Crippen LogP contribution is 2.34. The number of ether oxygens (including phenoxy) is 1. The molecule has 0 saturated carbocycles. The second-order valence-corrected chi connectivity index (χ2v) is 5.76. The minimum atomic E-state index is -4.47. The highest BCUT2D eigenvalue weighted by Gasteiger charge is 2.31. The quantitative estimate of drug-likeness (QED) is 0.832. The van der Waals surface area contributed by atoms with Crippen molar-refractivity contribution in [3.8, 4) is 5.75 Å². The number of thiophene rings is 1. The van der Waals surface area contributed by atoms with Gasteiger partial charge in [-0.3, -0.25) is 4.79 Å². The molecule has 0 aliphatic carbocycles. The molecule has 1 heterocycles. The number of carbonyl (C=O) groups is 1. The molecule has 1 aromatic carbocycles. The van der Waals surface area contributed by atoms with Gasteiger partial charge >= 0.3 is 6.18 Å². The fourth-order valence-corrected chi connectivity index (χ4v) is 2.62. The van der Waals surface area contributed by atoms with Crippen LogP contribution in [0.5, 0.6) is 5.75 Å². The predicted octanol–water partition coefficient (Wildman–Crippen LogP) is 4.79. The lowest BCUT2D eigenvalue weighted by molar-refractivity contribution is -0.137. The van der Waals surface area contributed by atoms with E-state index in [-0.39, 0.29) is 5.69 Å². The van der Waals surface area contributed by atoms with Crippen LogP contribution < -0.4 is 10.1 Å². The normalized spacial score (nSPS) is 11.3. The third-order valence-corrected chi connectivity index (χ3v) is 4.18. The SMILES string of the molecule is COc1csc(C(=O)Nc2cc(C(F)(F)F)ccc2Br)c1. The Morgan fingerprint density at radius 3 is 2.62 bits per heavy atom. The van der Waals surface area contributed by atoms with Crippen molar-refractivity contribution in [2.75, 3.05) is 12.4 Å². The Bertz CT molecular complexity index is 670. The summed E-state index contributed by atoms with van der Waals surface area (Å²) in [7, 11) is 1.47. The van der Waals surface area contributed by atoms with Crippen LogP contribution >= 0.6 is 27.3 Å². The van der Waals surface area contributed by atoms with E-state index < -0.39 is 17.6 Å². The summed E-state index contributed by atoms with van der Waals surface area (Å²) in [6.07, 6.45) is -4.47. The molecule has 0 aliphatic rings. The summed E-state index contributed by atoms with van der Waals surface area (Å²) in [5.74, 6) is 0.0246. The van der Waals surface area contributed by atoms with Crippen LogP contribution in [-0.2, 0) is 6.18 Å². The number of carbonyl (C=O) groups excluding carboxylic acids is 1. The number of alkyl halides is 3. The molecule has 112 valence electrons. The molecule has 21 heavy (non-hydrogen) atoms. The fraction of sp³-hybridized carbons (Fsp3) is 0.154. The third-order valence-electron chi connectivity index (χ3n) is 2.58. The minimum absolute atomic E-state index is 0.0576. The van der Waals surface area contributed by atoms with Crippen molar-refractivity contribution < 1.29 is 22.7 Å². The van der Waals surface area contributed by atoms with E-state index >= 15 is 0 Å². The average Bonchev–Trinajstić information content (AvgIpc) is 2.88. The molecule has 0 unspecified atom stereocenters. The van der Waals surface area contributed by atoms with Gasteiger partial charge in [-0.2, -0.15) is 13.2 Å². The van der Waals surface area contributed by atoms with Crippen molar-refractivity contribution >= 4 is 38.9 Å². The molecule has 0 radical (unpaired) electrons. The molecule has 0 atom stereocenters. The lowest BCUT2D eigenvalue weighted by Crippen LogP contribution is -2.12. The van der Waals surface area contributed by atoms with Gasteiger partial charge in [-0.1, -0.05) is 0 Å². The first kappa shape index (κ1) is 15.8. The Morgan fingerprint density at radius 2 is 2.05 bits per heavy atom. The molecule has 1 aromatic heterocycles. The van der Waals surface area contributed by atoms with E-state index in [0.717, 1.165) is 23.5 Å². The zero-order valence-electron chi connectivity index (χ0n) is 10.6. The zero-order valence-corrected chi connectivity index (χ0v) is 13.0. The number of halogens is 4. The molecular formula is C13H9BrF3NO2S. The minimum Gasteiger partial charge on any atom is -0.496 e. The van der Waals surface area contributed by atoms with E-state index in [1.165, 1.54) is 19.2 Å². The Kier molecular flexibility index (Phi) is 4.58. The molecule has 8 heteroatoms. The summed E-state index contributed by atoms with van der Waals surface area (Å²) in [4.78, 5) is 12.3. The van der Waals surface area contributed by atoms with E-state index in [0.29, 0.717) is 15.1 Å². The highest BCUT2D eigenvalue weighted by atomic mass is 79.9. The first-order valence-corrected chi connectivity index (χ1v) is 7.29. The third kappa shape index (κ3) is 3.76. The van der Waals surface area contributed by atoms with Crippen molar-refractivity contribution in [1.82, 2.24) is 0 Å². The largest absolute Gasteiger partial charge is 0.496 e. The van der Waals surface area contributed by atoms with Crippen molar-refractivity contribution in [1.29, 1.82) is 0 Å².